The minimum atomic E-state index is -0.466. The number of carbonyl (C=O) groups is 2. The zero-order valence-corrected chi connectivity index (χ0v) is 13.8. The molecule has 130 valence electrons. The third-order valence-electron chi connectivity index (χ3n) is 4.34. The number of para-hydroxylation sites is 1. The number of carbonyl (C=O) groups excluding carboxylic acids is 2. The number of nitrogens with two attached hydrogens (primary N) is 2. The Bertz CT molecular complexity index is 618. The van der Waals surface area contributed by atoms with E-state index < -0.39 is 5.97 Å². The number of benzene rings is 1. The van der Waals surface area contributed by atoms with Crippen LogP contribution in [-0.4, -0.2) is 31.5 Å². The number of nitrogens with one attached hydrogen (secondary N) is 1. The zero-order chi connectivity index (χ0) is 17.5. The fraction of sp³-hybridized carbons (Fsp3) is 0.471. The predicted molar refractivity (Wildman–Crippen MR) is 92.5 cm³/mol. The monoisotopic (exact) mass is 332 g/mol. The summed E-state index contributed by atoms with van der Waals surface area (Å²) in [6.45, 7) is 0.613. The van der Waals surface area contributed by atoms with E-state index in [1.807, 2.05) is 0 Å². The number of hydrogen-bond donors (Lipinski definition) is 3. The van der Waals surface area contributed by atoms with E-state index in [9.17, 15) is 9.59 Å². The normalized spacial score (nSPS) is 20.0. The fourth-order valence-electron chi connectivity index (χ4n) is 2.96. The quantitative estimate of drug-likeness (QED) is 0.429. The van der Waals surface area contributed by atoms with Gasteiger partial charge in [-0.15, -0.1) is 0 Å². The summed E-state index contributed by atoms with van der Waals surface area (Å²) < 4.78 is 4.74. The maximum absolute atomic E-state index is 12.5. The molecule has 0 spiro atoms. The van der Waals surface area contributed by atoms with Crippen LogP contribution < -0.4 is 16.8 Å². The van der Waals surface area contributed by atoms with Crippen LogP contribution in [0.25, 0.3) is 0 Å². The van der Waals surface area contributed by atoms with Gasteiger partial charge >= 0.3 is 5.97 Å². The van der Waals surface area contributed by atoms with Crippen LogP contribution in [0.5, 0.6) is 0 Å². The largest absolute Gasteiger partial charge is 0.465 e. The number of ether oxygens (including phenoxy) is 1. The number of aliphatic imine (C=N–C) groups is 1. The topological polar surface area (TPSA) is 120 Å². The summed E-state index contributed by atoms with van der Waals surface area (Å²) in [5.41, 5.74) is 11.5. The van der Waals surface area contributed by atoms with Gasteiger partial charge in [0.2, 0.25) is 5.91 Å². The SMILES string of the molecule is COC(=O)c1ccccc1NC(=O)C1CCC(CN=C(N)N)CC1. The van der Waals surface area contributed by atoms with Crippen LogP contribution in [0.2, 0.25) is 0 Å². The van der Waals surface area contributed by atoms with Gasteiger partial charge in [0.15, 0.2) is 5.96 Å². The third kappa shape index (κ3) is 4.71. The number of amides is 1. The van der Waals surface area contributed by atoms with E-state index >= 15 is 0 Å². The van der Waals surface area contributed by atoms with Crippen LogP contribution >= 0.6 is 0 Å². The van der Waals surface area contributed by atoms with Crippen molar-refractivity contribution in [2.45, 2.75) is 25.7 Å². The van der Waals surface area contributed by atoms with Crippen molar-refractivity contribution >= 4 is 23.5 Å². The Balaban J connectivity index is 1.93. The van der Waals surface area contributed by atoms with E-state index in [4.69, 9.17) is 16.2 Å². The van der Waals surface area contributed by atoms with Crippen molar-refractivity contribution in [3.63, 3.8) is 0 Å². The van der Waals surface area contributed by atoms with Gasteiger partial charge in [-0.25, -0.2) is 4.79 Å². The van der Waals surface area contributed by atoms with Crippen LogP contribution in [-0.2, 0) is 9.53 Å². The van der Waals surface area contributed by atoms with Crippen LogP contribution in [0, 0.1) is 11.8 Å². The number of anilines is 1. The van der Waals surface area contributed by atoms with Crippen molar-refractivity contribution < 1.29 is 14.3 Å². The Morgan fingerprint density at radius 1 is 1.21 bits per heavy atom. The lowest BCUT2D eigenvalue weighted by molar-refractivity contribution is -0.121. The molecule has 1 aliphatic rings. The molecular weight excluding hydrogens is 308 g/mol. The minimum absolute atomic E-state index is 0.0633. The first kappa shape index (κ1) is 17.8. The number of esters is 1. The summed E-state index contributed by atoms with van der Waals surface area (Å²) in [4.78, 5) is 28.3. The van der Waals surface area contributed by atoms with Gasteiger partial charge in [-0.05, 0) is 43.7 Å². The third-order valence-corrected chi connectivity index (χ3v) is 4.34. The van der Waals surface area contributed by atoms with Crippen molar-refractivity contribution in [1.82, 2.24) is 0 Å². The molecule has 1 aliphatic carbocycles. The van der Waals surface area contributed by atoms with E-state index in [-0.39, 0.29) is 17.8 Å². The molecule has 0 atom stereocenters. The average molecular weight is 332 g/mol. The van der Waals surface area contributed by atoms with Gasteiger partial charge < -0.3 is 21.5 Å². The lowest BCUT2D eigenvalue weighted by Gasteiger charge is -2.27. The molecule has 1 amide bonds. The second-order valence-electron chi connectivity index (χ2n) is 6.01. The molecule has 0 saturated heterocycles. The Hall–Kier alpha value is -2.57. The summed E-state index contributed by atoms with van der Waals surface area (Å²) >= 11 is 0. The maximum Gasteiger partial charge on any atom is 0.339 e. The summed E-state index contributed by atoms with van der Waals surface area (Å²) in [6, 6.07) is 6.84. The lowest BCUT2D eigenvalue weighted by atomic mass is 9.81. The van der Waals surface area contributed by atoms with Crippen LogP contribution in [0.3, 0.4) is 0 Å². The summed E-state index contributed by atoms with van der Waals surface area (Å²) in [5, 5.41) is 2.85. The van der Waals surface area contributed by atoms with E-state index in [1.54, 1.807) is 24.3 Å². The maximum atomic E-state index is 12.5. The first-order valence-corrected chi connectivity index (χ1v) is 8.05. The average Bonchev–Trinajstić information content (AvgIpc) is 2.60. The highest BCUT2D eigenvalue weighted by Gasteiger charge is 2.27. The predicted octanol–water partition coefficient (Wildman–Crippen LogP) is 1.49. The molecule has 0 radical (unpaired) electrons. The molecule has 24 heavy (non-hydrogen) atoms. The molecule has 0 heterocycles. The van der Waals surface area contributed by atoms with Crippen molar-refractivity contribution in [3.05, 3.63) is 29.8 Å². The van der Waals surface area contributed by atoms with Crippen LogP contribution in [0.1, 0.15) is 36.0 Å². The summed E-state index contributed by atoms with van der Waals surface area (Å²) in [6.07, 6.45) is 3.40. The number of rotatable bonds is 5. The molecule has 0 aromatic heterocycles. The van der Waals surface area contributed by atoms with E-state index in [2.05, 4.69) is 10.3 Å². The first-order valence-electron chi connectivity index (χ1n) is 8.05. The van der Waals surface area contributed by atoms with Gasteiger partial charge in [0.1, 0.15) is 0 Å². The van der Waals surface area contributed by atoms with Crippen molar-refractivity contribution in [1.29, 1.82) is 0 Å². The second kappa shape index (κ2) is 8.33. The first-order chi connectivity index (χ1) is 11.5. The molecule has 2 rings (SSSR count). The second-order valence-corrected chi connectivity index (χ2v) is 6.01. The number of guanidine groups is 1. The number of nitrogens with zero attached hydrogens (tertiary/aromatic N) is 1. The van der Waals surface area contributed by atoms with Gasteiger partial charge in [-0.2, -0.15) is 0 Å². The molecule has 1 aromatic rings. The molecule has 5 N–H and O–H groups in total. The smallest absolute Gasteiger partial charge is 0.339 e. The standard InChI is InChI=1S/C17H24N4O3/c1-24-16(23)13-4-2-3-5-14(13)21-15(22)12-8-6-11(7-9-12)10-20-17(18)19/h2-5,11-12H,6-10H2,1H3,(H,21,22)(H4,18,19,20). The van der Waals surface area contributed by atoms with E-state index in [0.717, 1.165) is 25.7 Å². The Morgan fingerprint density at radius 2 is 1.88 bits per heavy atom. The van der Waals surface area contributed by atoms with Crippen molar-refractivity contribution in [2.75, 3.05) is 19.0 Å². The molecule has 7 heteroatoms. The molecule has 1 saturated carbocycles. The fourth-order valence-corrected chi connectivity index (χ4v) is 2.96. The van der Waals surface area contributed by atoms with Gasteiger partial charge in [0.25, 0.3) is 0 Å². The van der Waals surface area contributed by atoms with Crippen molar-refractivity contribution in [2.24, 2.45) is 28.3 Å². The Morgan fingerprint density at radius 3 is 2.50 bits per heavy atom. The zero-order valence-electron chi connectivity index (χ0n) is 13.8. The van der Waals surface area contributed by atoms with Crippen LogP contribution in [0.15, 0.2) is 29.3 Å². The number of hydrogen-bond acceptors (Lipinski definition) is 4. The van der Waals surface area contributed by atoms with E-state index in [0.29, 0.717) is 23.7 Å². The Labute approximate surface area is 141 Å². The molecule has 0 unspecified atom stereocenters. The summed E-state index contributed by atoms with van der Waals surface area (Å²) in [7, 11) is 1.32. The lowest BCUT2D eigenvalue weighted by Crippen LogP contribution is -2.29. The molecule has 0 bridgehead atoms. The number of methoxy groups -OCH3 is 1. The van der Waals surface area contributed by atoms with Gasteiger partial charge in [-0.1, -0.05) is 12.1 Å². The highest BCUT2D eigenvalue weighted by atomic mass is 16.5. The Kier molecular flexibility index (Phi) is 6.17. The van der Waals surface area contributed by atoms with Gasteiger partial charge in [-0.3, -0.25) is 9.79 Å². The molecule has 0 aliphatic heterocycles. The van der Waals surface area contributed by atoms with Gasteiger partial charge in [0, 0.05) is 12.5 Å². The van der Waals surface area contributed by atoms with Crippen molar-refractivity contribution in [3.8, 4) is 0 Å². The molecular formula is C17H24N4O3. The molecule has 7 nitrogen and oxygen atoms in total. The van der Waals surface area contributed by atoms with E-state index in [1.165, 1.54) is 7.11 Å². The minimum Gasteiger partial charge on any atom is -0.465 e. The van der Waals surface area contributed by atoms with Gasteiger partial charge in [0.05, 0.1) is 18.4 Å². The highest BCUT2D eigenvalue weighted by molar-refractivity contribution is 6.01. The molecule has 1 fully saturated rings. The highest BCUT2D eigenvalue weighted by Crippen LogP contribution is 2.30. The molecule has 1 aromatic carbocycles. The summed E-state index contributed by atoms with van der Waals surface area (Å²) in [5.74, 6) is -0.0718. The van der Waals surface area contributed by atoms with Crippen LogP contribution in [0.4, 0.5) is 5.69 Å².